The van der Waals surface area contributed by atoms with E-state index in [0.29, 0.717) is 17.8 Å². The second kappa shape index (κ2) is 8.99. The molecule has 0 atom stereocenters. The number of nitrogens with one attached hydrogen (secondary N) is 2. The molecule has 2 N–H and O–H groups in total. The summed E-state index contributed by atoms with van der Waals surface area (Å²) in [6, 6.07) is 0. The van der Waals surface area contributed by atoms with Crippen LogP contribution in [0.5, 0.6) is 0 Å². The van der Waals surface area contributed by atoms with Gasteiger partial charge in [0.15, 0.2) is 0 Å². The lowest BCUT2D eigenvalue weighted by Gasteiger charge is -2.06. The standard InChI is InChI=1S/C16H19N5O4S/c1-4-6-17-12(22)9-26-16-20-19-13(25-16)8-11-10(3)18-15(24)21(7-5-2)14(11)23/h4-5H,1-2,6-9H2,3H3,(H,17,22)(H,18,24). The molecule has 2 aromatic heterocycles. The number of aryl methyl sites for hydroxylation is 1. The van der Waals surface area contributed by atoms with Crippen LogP contribution in [0.1, 0.15) is 17.1 Å². The summed E-state index contributed by atoms with van der Waals surface area (Å²) in [5.74, 6) is 0.161. The van der Waals surface area contributed by atoms with Crippen LogP contribution in [-0.2, 0) is 17.8 Å². The average Bonchev–Trinajstić information content (AvgIpc) is 3.06. The molecule has 1 amide bonds. The van der Waals surface area contributed by atoms with Gasteiger partial charge in [-0.2, -0.15) is 0 Å². The topological polar surface area (TPSA) is 123 Å². The number of hydrogen-bond acceptors (Lipinski definition) is 7. The van der Waals surface area contributed by atoms with Crippen LogP contribution < -0.4 is 16.6 Å². The Morgan fingerprint density at radius 2 is 2.12 bits per heavy atom. The number of hydrogen-bond donors (Lipinski definition) is 2. The van der Waals surface area contributed by atoms with Gasteiger partial charge in [-0.15, -0.1) is 23.4 Å². The summed E-state index contributed by atoms with van der Waals surface area (Å²) in [6.45, 7) is 9.17. The molecule has 0 fully saturated rings. The molecule has 10 heteroatoms. The van der Waals surface area contributed by atoms with E-state index in [9.17, 15) is 14.4 Å². The zero-order chi connectivity index (χ0) is 19.1. The van der Waals surface area contributed by atoms with Gasteiger partial charge in [0, 0.05) is 24.3 Å². The van der Waals surface area contributed by atoms with Crippen molar-refractivity contribution in [3.05, 3.63) is 63.3 Å². The minimum absolute atomic E-state index is 0.0782. The number of nitrogens with zero attached hydrogens (tertiary/aromatic N) is 3. The van der Waals surface area contributed by atoms with E-state index in [4.69, 9.17) is 4.42 Å². The molecule has 0 radical (unpaired) electrons. The van der Waals surface area contributed by atoms with Gasteiger partial charge >= 0.3 is 5.69 Å². The van der Waals surface area contributed by atoms with Gasteiger partial charge in [-0.1, -0.05) is 23.9 Å². The largest absolute Gasteiger partial charge is 0.416 e. The number of H-pyrrole nitrogens is 1. The van der Waals surface area contributed by atoms with E-state index in [1.807, 2.05) is 0 Å². The molecule has 0 unspecified atom stereocenters. The number of allylic oxidation sites excluding steroid dienone is 1. The quantitative estimate of drug-likeness (QED) is 0.479. The zero-order valence-electron chi connectivity index (χ0n) is 14.3. The van der Waals surface area contributed by atoms with Gasteiger partial charge in [0.2, 0.25) is 11.8 Å². The highest BCUT2D eigenvalue weighted by atomic mass is 32.2. The van der Waals surface area contributed by atoms with Crippen molar-refractivity contribution < 1.29 is 9.21 Å². The van der Waals surface area contributed by atoms with E-state index < -0.39 is 11.2 Å². The summed E-state index contributed by atoms with van der Waals surface area (Å²) in [7, 11) is 0. The van der Waals surface area contributed by atoms with Crippen LogP contribution in [0, 0.1) is 6.92 Å². The van der Waals surface area contributed by atoms with Crippen molar-refractivity contribution in [1.29, 1.82) is 0 Å². The highest BCUT2D eigenvalue weighted by molar-refractivity contribution is 7.99. The van der Waals surface area contributed by atoms with Crippen molar-refractivity contribution in [3.63, 3.8) is 0 Å². The first kappa shape index (κ1) is 19.4. The van der Waals surface area contributed by atoms with E-state index in [2.05, 4.69) is 33.7 Å². The van der Waals surface area contributed by atoms with Gasteiger partial charge < -0.3 is 14.7 Å². The number of thioether (sulfide) groups is 1. The molecule has 0 bridgehead atoms. The number of amides is 1. The van der Waals surface area contributed by atoms with Gasteiger partial charge in [0.05, 0.1) is 12.2 Å². The molecule has 26 heavy (non-hydrogen) atoms. The summed E-state index contributed by atoms with van der Waals surface area (Å²) in [5.41, 5.74) is -0.127. The van der Waals surface area contributed by atoms with Gasteiger partial charge in [-0.05, 0) is 6.92 Å². The molecule has 0 saturated carbocycles. The first-order chi connectivity index (χ1) is 12.5. The molecule has 2 rings (SSSR count). The fourth-order valence-electron chi connectivity index (χ4n) is 2.11. The van der Waals surface area contributed by atoms with Crippen LogP contribution in [0.4, 0.5) is 0 Å². The van der Waals surface area contributed by atoms with Crippen molar-refractivity contribution in [3.8, 4) is 0 Å². The number of carbonyl (C=O) groups is 1. The van der Waals surface area contributed by atoms with Crippen molar-refractivity contribution in [2.75, 3.05) is 12.3 Å². The third-order valence-corrected chi connectivity index (χ3v) is 4.17. The van der Waals surface area contributed by atoms with Crippen molar-refractivity contribution in [2.24, 2.45) is 0 Å². The molecule has 0 aliphatic carbocycles. The molecule has 2 aromatic rings. The smallest absolute Gasteiger partial charge is 0.328 e. The van der Waals surface area contributed by atoms with E-state index in [-0.39, 0.29) is 35.7 Å². The maximum absolute atomic E-state index is 12.5. The molecular formula is C16H19N5O4S. The third-order valence-electron chi connectivity index (χ3n) is 3.35. The number of aromatic amines is 1. The Labute approximate surface area is 153 Å². The van der Waals surface area contributed by atoms with Crippen molar-refractivity contribution in [1.82, 2.24) is 25.1 Å². The summed E-state index contributed by atoms with van der Waals surface area (Å²) >= 11 is 1.09. The van der Waals surface area contributed by atoms with Gasteiger partial charge in [0.1, 0.15) is 0 Å². The zero-order valence-corrected chi connectivity index (χ0v) is 15.1. The molecule has 9 nitrogen and oxygen atoms in total. The maximum Gasteiger partial charge on any atom is 0.328 e. The van der Waals surface area contributed by atoms with Gasteiger partial charge in [-0.25, -0.2) is 4.79 Å². The maximum atomic E-state index is 12.5. The van der Waals surface area contributed by atoms with Crippen LogP contribution in [0.3, 0.4) is 0 Å². The molecule has 0 saturated heterocycles. The second-order valence-electron chi connectivity index (χ2n) is 5.26. The van der Waals surface area contributed by atoms with E-state index in [1.54, 1.807) is 13.0 Å². The van der Waals surface area contributed by atoms with Crippen LogP contribution in [0.25, 0.3) is 0 Å². The Bertz CT molecular complexity index is 927. The molecule has 0 aliphatic rings. The Morgan fingerprint density at radius 1 is 1.35 bits per heavy atom. The first-order valence-electron chi connectivity index (χ1n) is 7.72. The molecular weight excluding hydrogens is 358 g/mol. The van der Waals surface area contributed by atoms with Crippen LogP contribution in [-0.4, -0.2) is 38.0 Å². The lowest BCUT2D eigenvalue weighted by atomic mass is 10.1. The lowest BCUT2D eigenvalue weighted by molar-refractivity contribution is -0.118. The van der Waals surface area contributed by atoms with Gasteiger partial charge in [-0.3, -0.25) is 14.2 Å². The predicted molar refractivity (Wildman–Crippen MR) is 97.3 cm³/mol. The fraction of sp³-hybridized carbons (Fsp3) is 0.312. The highest BCUT2D eigenvalue weighted by Crippen LogP contribution is 2.17. The normalized spacial score (nSPS) is 10.5. The average molecular weight is 377 g/mol. The summed E-state index contributed by atoms with van der Waals surface area (Å²) in [6.07, 6.45) is 3.13. The Hall–Kier alpha value is -2.88. The fourth-order valence-corrected chi connectivity index (χ4v) is 2.72. The SMILES string of the molecule is C=CCNC(=O)CSc1nnc(Cc2c(C)[nH]c(=O)n(CC=C)c2=O)o1. The van der Waals surface area contributed by atoms with Crippen molar-refractivity contribution >= 4 is 17.7 Å². The third kappa shape index (κ3) is 4.82. The molecule has 0 aromatic carbocycles. The minimum atomic E-state index is -0.497. The van der Waals surface area contributed by atoms with E-state index in [1.165, 1.54) is 6.08 Å². The number of rotatable bonds is 9. The summed E-state index contributed by atoms with van der Waals surface area (Å²) in [4.78, 5) is 38.5. The van der Waals surface area contributed by atoms with Gasteiger partial charge in [0.25, 0.3) is 10.8 Å². The highest BCUT2D eigenvalue weighted by Gasteiger charge is 2.16. The van der Waals surface area contributed by atoms with Crippen molar-refractivity contribution in [2.45, 2.75) is 25.1 Å². The Balaban J connectivity index is 2.12. The molecule has 138 valence electrons. The van der Waals surface area contributed by atoms with Crippen LogP contribution in [0.15, 0.2) is 44.5 Å². The number of carbonyl (C=O) groups excluding carboxylic acids is 1. The summed E-state index contributed by atoms with van der Waals surface area (Å²) < 4.78 is 6.51. The van der Waals surface area contributed by atoms with E-state index in [0.717, 1.165) is 16.3 Å². The molecule has 0 spiro atoms. The van der Waals surface area contributed by atoms with E-state index >= 15 is 0 Å². The molecule has 2 heterocycles. The Kier molecular flexibility index (Phi) is 6.73. The number of aromatic nitrogens is 4. The monoisotopic (exact) mass is 377 g/mol. The predicted octanol–water partition coefficient (Wildman–Crippen LogP) is 0.399. The minimum Gasteiger partial charge on any atom is -0.416 e. The van der Waals surface area contributed by atoms with Crippen LogP contribution in [0.2, 0.25) is 0 Å². The Morgan fingerprint density at radius 3 is 2.81 bits per heavy atom. The second-order valence-corrected chi connectivity index (χ2v) is 6.18. The molecule has 0 aliphatic heterocycles. The lowest BCUT2D eigenvalue weighted by Crippen LogP contribution is -2.37. The summed E-state index contributed by atoms with van der Waals surface area (Å²) in [5, 5.41) is 10.6. The van der Waals surface area contributed by atoms with Crippen LogP contribution >= 0.6 is 11.8 Å². The first-order valence-corrected chi connectivity index (χ1v) is 8.71.